The van der Waals surface area contributed by atoms with Crippen molar-refractivity contribution in [1.29, 1.82) is 0 Å². The van der Waals surface area contributed by atoms with Crippen LogP contribution in [-0.4, -0.2) is 42.0 Å². The Hall–Kier alpha value is -2.33. The van der Waals surface area contributed by atoms with Crippen molar-refractivity contribution in [2.45, 2.75) is 37.8 Å². The number of amides is 2. The average Bonchev–Trinajstić information content (AvgIpc) is 3.29. The summed E-state index contributed by atoms with van der Waals surface area (Å²) in [6, 6.07) is 21.1. The van der Waals surface area contributed by atoms with Gasteiger partial charge in [0, 0.05) is 25.2 Å². The van der Waals surface area contributed by atoms with Crippen molar-refractivity contribution in [3.63, 3.8) is 0 Å². The van der Waals surface area contributed by atoms with Crippen molar-refractivity contribution in [1.82, 2.24) is 15.1 Å². The number of benzene rings is 2. The number of nitrogens with zero attached hydrogens (tertiary/aromatic N) is 2. The second-order valence-corrected chi connectivity index (χ2v) is 7.72. The molecule has 0 saturated carbocycles. The Morgan fingerprint density at radius 3 is 2.07 bits per heavy atom. The summed E-state index contributed by atoms with van der Waals surface area (Å²) in [7, 11) is 0. The van der Waals surface area contributed by atoms with Crippen molar-refractivity contribution in [3.05, 3.63) is 71.8 Å². The molecule has 2 aliphatic heterocycles. The summed E-state index contributed by atoms with van der Waals surface area (Å²) in [6.45, 7) is 4.56. The normalized spacial score (nSPS) is 19.8. The third-order valence-corrected chi connectivity index (χ3v) is 6.19. The fourth-order valence-corrected chi connectivity index (χ4v) is 4.65. The van der Waals surface area contributed by atoms with Crippen LogP contribution in [0.4, 0.5) is 4.79 Å². The summed E-state index contributed by atoms with van der Waals surface area (Å²) in [5.41, 5.74) is 2.64. The van der Waals surface area contributed by atoms with Crippen LogP contribution in [0.3, 0.4) is 0 Å². The number of carbonyl (C=O) groups is 1. The monoisotopic (exact) mass is 363 g/mol. The van der Waals surface area contributed by atoms with Crippen molar-refractivity contribution >= 4 is 6.03 Å². The zero-order valence-electron chi connectivity index (χ0n) is 15.9. The molecule has 2 aromatic rings. The van der Waals surface area contributed by atoms with Crippen molar-refractivity contribution < 1.29 is 4.79 Å². The predicted octanol–water partition coefficient (Wildman–Crippen LogP) is 3.98. The van der Waals surface area contributed by atoms with Gasteiger partial charge in [0.2, 0.25) is 0 Å². The molecule has 0 spiro atoms. The van der Waals surface area contributed by atoms with Crippen LogP contribution in [0.2, 0.25) is 0 Å². The van der Waals surface area contributed by atoms with Gasteiger partial charge in [-0.15, -0.1) is 0 Å². The Labute approximate surface area is 162 Å². The number of piperidine rings is 1. The quantitative estimate of drug-likeness (QED) is 0.892. The molecule has 27 heavy (non-hydrogen) atoms. The Morgan fingerprint density at radius 2 is 1.44 bits per heavy atom. The molecule has 142 valence electrons. The molecule has 1 N–H and O–H groups in total. The van der Waals surface area contributed by atoms with Gasteiger partial charge in [-0.25, -0.2) is 4.79 Å². The molecule has 0 aromatic heterocycles. The van der Waals surface area contributed by atoms with Crippen LogP contribution in [0.1, 0.15) is 36.8 Å². The Kier molecular flexibility index (Phi) is 5.44. The number of rotatable bonds is 4. The van der Waals surface area contributed by atoms with Gasteiger partial charge in [0.1, 0.15) is 0 Å². The zero-order valence-corrected chi connectivity index (χ0v) is 15.9. The molecule has 2 fully saturated rings. The molecule has 4 nitrogen and oxygen atoms in total. The highest BCUT2D eigenvalue weighted by atomic mass is 16.2. The minimum Gasteiger partial charge on any atom is -0.334 e. The molecule has 0 radical (unpaired) electrons. The van der Waals surface area contributed by atoms with Crippen LogP contribution >= 0.6 is 0 Å². The van der Waals surface area contributed by atoms with E-state index in [4.69, 9.17) is 0 Å². The van der Waals surface area contributed by atoms with E-state index in [-0.39, 0.29) is 11.6 Å². The first-order chi connectivity index (χ1) is 13.3. The minimum absolute atomic E-state index is 0.0573. The van der Waals surface area contributed by atoms with Gasteiger partial charge in [0.05, 0.1) is 0 Å². The molecule has 2 heterocycles. The van der Waals surface area contributed by atoms with E-state index in [0.29, 0.717) is 6.54 Å². The molecular weight excluding hydrogens is 334 g/mol. The number of hydrogen-bond donors (Lipinski definition) is 1. The lowest BCUT2D eigenvalue weighted by Gasteiger charge is -2.48. The van der Waals surface area contributed by atoms with E-state index in [2.05, 4.69) is 40.5 Å². The molecule has 0 unspecified atom stereocenters. The van der Waals surface area contributed by atoms with Crippen LogP contribution in [0.25, 0.3) is 0 Å². The molecular formula is C23H29N3O. The maximum atomic E-state index is 12.6. The van der Waals surface area contributed by atoms with Gasteiger partial charge in [-0.3, -0.25) is 4.90 Å². The molecule has 4 rings (SSSR count). The van der Waals surface area contributed by atoms with Gasteiger partial charge in [-0.2, -0.15) is 0 Å². The van der Waals surface area contributed by atoms with E-state index >= 15 is 0 Å². The van der Waals surface area contributed by atoms with Crippen molar-refractivity contribution in [3.8, 4) is 0 Å². The summed E-state index contributed by atoms with van der Waals surface area (Å²) >= 11 is 0. The number of nitrogens with one attached hydrogen (secondary N) is 1. The maximum Gasteiger partial charge on any atom is 0.317 e. The molecule has 4 heteroatoms. The van der Waals surface area contributed by atoms with Crippen molar-refractivity contribution in [2.24, 2.45) is 0 Å². The van der Waals surface area contributed by atoms with Gasteiger partial charge >= 0.3 is 6.03 Å². The van der Waals surface area contributed by atoms with Crippen molar-refractivity contribution in [2.75, 3.05) is 26.2 Å². The highest BCUT2D eigenvalue weighted by Crippen LogP contribution is 2.40. The molecule has 2 amide bonds. The number of urea groups is 1. The molecule has 0 aliphatic carbocycles. The van der Waals surface area contributed by atoms with Gasteiger partial charge in [-0.1, -0.05) is 60.7 Å². The van der Waals surface area contributed by atoms with Crippen LogP contribution in [0.15, 0.2) is 60.7 Å². The maximum absolute atomic E-state index is 12.6. The lowest BCUT2D eigenvalue weighted by atomic mass is 9.79. The van der Waals surface area contributed by atoms with Crippen LogP contribution < -0.4 is 5.32 Å². The number of likely N-dealkylation sites (tertiary alicyclic amines) is 2. The van der Waals surface area contributed by atoms with Crippen LogP contribution in [0, 0.1) is 0 Å². The second kappa shape index (κ2) is 8.13. The van der Waals surface area contributed by atoms with E-state index in [1.807, 2.05) is 35.2 Å². The molecule has 0 bridgehead atoms. The minimum atomic E-state index is 0.0573. The zero-order chi connectivity index (χ0) is 18.5. The van der Waals surface area contributed by atoms with Gasteiger partial charge in [0.15, 0.2) is 0 Å². The molecule has 2 saturated heterocycles. The van der Waals surface area contributed by atoms with Crippen LogP contribution in [0.5, 0.6) is 0 Å². The Balaban J connectivity index is 1.41. The largest absolute Gasteiger partial charge is 0.334 e. The first-order valence-corrected chi connectivity index (χ1v) is 10.2. The SMILES string of the molecule is O=C(NCc1ccccc1)N1CCC(c2ccccc2)(N2CCCC2)CC1. The van der Waals surface area contributed by atoms with Crippen LogP contribution in [-0.2, 0) is 12.1 Å². The molecule has 2 aromatic carbocycles. The number of hydrogen-bond acceptors (Lipinski definition) is 2. The predicted molar refractivity (Wildman–Crippen MR) is 108 cm³/mol. The molecule has 0 atom stereocenters. The summed E-state index contributed by atoms with van der Waals surface area (Å²) < 4.78 is 0. The topological polar surface area (TPSA) is 35.6 Å². The lowest BCUT2D eigenvalue weighted by Crippen LogP contribution is -2.54. The smallest absolute Gasteiger partial charge is 0.317 e. The fraction of sp³-hybridized carbons (Fsp3) is 0.435. The van der Waals surface area contributed by atoms with Gasteiger partial charge < -0.3 is 10.2 Å². The van der Waals surface area contributed by atoms with E-state index in [1.165, 1.54) is 31.5 Å². The molecule has 2 aliphatic rings. The fourth-order valence-electron chi connectivity index (χ4n) is 4.65. The second-order valence-electron chi connectivity index (χ2n) is 7.72. The highest BCUT2D eigenvalue weighted by molar-refractivity contribution is 5.74. The first kappa shape index (κ1) is 18.1. The van der Waals surface area contributed by atoms with E-state index < -0.39 is 0 Å². The summed E-state index contributed by atoms with van der Waals surface area (Å²) in [5.74, 6) is 0. The lowest BCUT2D eigenvalue weighted by molar-refractivity contribution is 0.0451. The van der Waals surface area contributed by atoms with E-state index in [9.17, 15) is 4.79 Å². The van der Waals surface area contributed by atoms with E-state index in [1.54, 1.807) is 0 Å². The van der Waals surface area contributed by atoms with E-state index in [0.717, 1.165) is 31.5 Å². The number of carbonyl (C=O) groups excluding carboxylic acids is 1. The third-order valence-electron chi connectivity index (χ3n) is 6.19. The standard InChI is InChI=1S/C23H29N3O/c27-22(24-19-20-9-3-1-4-10-20)25-17-13-23(14-18-25,26-15-7-8-16-26)21-11-5-2-6-12-21/h1-6,9-12H,7-8,13-19H2,(H,24,27). The highest BCUT2D eigenvalue weighted by Gasteiger charge is 2.42. The summed E-state index contributed by atoms with van der Waals surface area (Å²) in [5, 5.41) is 3.08. The third kappa shape index (κ3) is 3.86. The first-order valence-electron chi connectivity index (χ1n) is 10.2. The Bertz CT molecular complexity index is 733. The van der Waals surface area contributed by atoms with Gasteiger partial charge in [0.25, 0.3) is 0 Å². The Morgan fingerprint density at radius 1 is 0.852 bits per heavy atom. The summed E-state index contributed by atoms with van der Waals surface area (Å²) in [4.78, 5) is 17.3. The summed E-state index contributed by atoms with van der Waals surface area (Å²) in [6.07, 6.45) is 4.59. The van der Waals surface area contributed by atoms with Gasteiger partial charge in [-0.05, 0) is 49.9 Å². The average molecular weight is 364 g/mol.